The van der Waals surface area contributed by atoms with E-state index >= 15 is 0 Å². The lowest BCUT2D eigenvalue weighted by molar-refractivity contribution is -0.113. The van der Waals surface area contributed by atoms with E-state index in [0.29, 0.717) is 16.1 Å². The monoisotopic (exact) mass is 670 g/mol. The maximum atomic E-state index is 13.0. The number of aromatic nitrogens is 5. The van der Waals surface area contributed by atoms with E-state index in [9.17, 15) is 4.79 Å². The van der Waals surface area contributed by atoms with Gasteiger partial charge in [0.2, 0.25) is 5.91 Å². The first-order chi connectivity index (χ1) is 19.6. The van der Waals surface area contributed by atoms with Crippen molar-refractivity contribution in [3.63, 3.8) is 0 Å². The number of thioether (sulfide) groups is 1. The molecule has 7 rings (SSSR count). The van der Waals surface area contributed by atoms with Crippen LogP contribution in [0.3, 0.4) is 0 Å². The van der Waals surface area contributed by atoms with E-state index in [2.05, 4.69) is 84.5 Å². The molecule has 40 heavy (non-hydrogen) atoms. The summed E-state index contributed by atoms with van der Waals surface area (Å²) >= 11 is 5.09. The van der Waals surface area contributed by atoms with Crippen LogP contribution < -0.4 is 5.32 Å². The van der Waals surface area contributed by atoms with E-state index in [1.54, 1.807) is 6.20 Å². The van der Waals surface area contributed by atoms with E-state index in [-0.39, 0.29) is 11.7 Å². The SMILES string of the molecule is O=C(CSc1nnc(-c2ccc3ncccc3c2)n1-c1cccc2ccccc12)Nc1nc2ccc(I)cc2s1. The lowest BCUT2D eigenvalue weighted by Crippen LogP contribution is -2.14. The number of benzene rings is 4. The predicted octanol–water partition coefficient (Wildman–Crippen LogP) is 7.58. The van der Waals surface area contributed by atoms with Crippen molar-refractivity contribution in [2.24, 2.45) is 0 Å². The van der Waals surface area contributed by atoms with Crippen LogP contribution in [0, 0.1) is 3.57 Å². The molecule has 7 nitrogen and oxygen atoms in total. The summed E-state index contributed by atoms with van der Waals surface area (Å²) in [6.07, 6.45) is 1.79. The lowest BCUT2D eigenvalue weighted by Gasteiger charge is -2.13. The number of thiazole rings is 1. The van der Waals surface area contributed by atoms with Gasteiger partial charge in [0, 0.05) is 26.1 Å². The number of halogens is 1. The minimum absolute atomic E-state index is 0.149. The molecule has 0 bridgehead atoms. The van der Waals surface area contributed by atoms with Gasteiger partial charge in [-0.2, -0.15) is 0 Å². The summed E-state index contributed by atoms with van der Waals surface area (Å²) in [6.45, 7) is 0. The minimum Gasteiger partial charge on any atom is -0.301 e. The Labute approximate surface area is 250 Å². The first-order valence-corrected chi connectivity index (χ1v) is 15.3. The van der Waals surface area contributed by atoms with Crippen molar-refractivity contribution >= 4 is 88.6 Å². The molecule has 0 aliphatic carbocycles. The normalized spacial score (nSPS) is 11.4. The third-order valence-electron chi connectivity index (χ3n) is 6.43. The van der Waals surface area contributed by atoms with Crippen molar-refractivity contribution in [1.82, 2.24) is 24.7 Å². The van der Waals surface area contributed by atoms with Crippen LogP contribution in [0.1, 0.15) is 0 Å². The standard InChI is InChI=1S/C30H19IN6OS2/c31-21-11-13-24-26(16-21)40-29(33-24)34-27(38)17-39-30-36-35-28(20-10-12-23-19(15-20)7-4-14-32-23)37(30)25-9-3-6-18-5-1-2-8-22(18)25/h1-16H,17H2,(H,33,34,38). The van der Waals surface area contributed by atoms with Crippen LogP contribution >= 0.6 is 45.7 Å². The smallest absolute Gasteiger partial charge is 0.236 e. The van der Waals surface area contributed by atoms with Gasteiger partial charge in [-0.3, -0.25) is 14.3 Å². The molecule has 0 unspecified atom stereocenters. The van der Waals surface area contributed by atoms with Gasteiger partial charge in [-0.25, -0.2) is 4.98 Å². The number of anilines is 1. The molecular formula is C30H19IN6OS2. The van der Waals surface area contributed by atoms with E-state index in [1.807, 2.05) is 59.2 Å². The lowest BCUT2D eigenvalue weighted by atomic mass is 10.1. The third-order valence-corrected chi connectivity index (χ3v) is 8.96. The maximum absolute atomic E-state index is 13.0. The van der Waals surface area contributed by atoms with Crippen molar-refractivity contribution < 1.29 is 4.79 Å². The average Bonchev–Trinajstić information content (AvgIpc) is 3.58. The van der Waals surface area contributed by atoms with Crippen LogP contribution in [-0.4, -0.2) is 36.4 Å². The van der Waals surface area contributed by atoms with Crippen molar-refractivity contribution in [3.05, 3.63) is 101 Å². The predicted molar refractivity (Wildman–Crippen MR) is 171 cm³/mol. The number of nitrogens with zero attached hydrogens (tertiary/aromatic N) is 5. The molecule has 10 heteroatoms. The third kappa shape index (κ3) is 4.82. The van der Waals surface area contributed by atoms with E-state index in [4.69, 9.17) is 0 Å². The van der Waals surface area contributed by atoms with Gasteiger partial charge in [0.1, 0.15) is 0 Å². The van der Waals surface area contributed by atoms with Crippen LogP contribution in [0.25, 0.3) is 49.0 Å². The zero-order valence-electron chi connectivity index (χ0n) is 20.8. The Morgan fingerprint density at radius 3 is 2.70 bits per heavy atom. The fourth-order valence-corrected chi connectivity index (χ4v) is 6.99. The second-order valence-corrected chi connectivity index (χ2v) is 12.2. The number of amides is 1. The molecule has 0 aliphatic rings. The number of carbonyl (C=O) groups excluding carboxylic acids is 1. The Hall–Kier alpha value is -3.87. The first-order valence-electron chi connectivity index (χ1n) is 12.4. The second-order valence-electron chi connectivity index (χ2n) is 9.02. The van der Waals surface area contributed by atoms with E-state index in [1.165, 1.54) is 23.1 Å². The van der Waals surface area contributed by atoms with Crippen LogP contribution in [0.4, 0.5) is 5.13 Å². The highest BCUT2D eigenvalue weighted by Crippen LogP contribution is 2.33. The zero-order chi connectivity index (χ0) is 27.1. The van der Waals surface area contributed by atoms with Gasteiger partial charge < -0.3 is 5.32 Å². The Bertz CT molecular complexity index is 2050. The molecule has 0 spiro atoms. The molecule has 194 valence electrons. The van der Waals surface area contributed by atoms with Gasteiger partial charge in [0.15, 0.2) is 16.1 Å². The van der Waals surface area contributed by atoms with Gasteiger partial charge in [-0.05, 0) is 76.5 Å². The van der Waals surface area contributed by atoms with Crippen LogP contribution in [0.15, 0.2) is 102 Å². The molecular weight excluding hydrogens is 651 g/mol. The van der Waals surface area contributed by atoms with Gasteiger partial charge in [0.05, 0.1) is 27.2 Å². The second kappa shape index (κ2) is 10.6. The van der Waals surface area contributed by atoms with Gasteiger partial charge in [-0.1, -0.05) is 65.6 Å². The molecule has 0 aliphatic heterocycles. The number of carbonyl (C=O) groups is 1. The number of hydrogen-bond donors (Lipinski definition) is 1. The number of fused-ring (bicyclic) bond motifs is 3. The number of pyridine rings is 1. The first kappa shape index (κ1) is 25.1. The van der Waals surface area contributed by atoms with E-state index in [0.717, 1.165) is 46.7 Å². The zero-order valence-corrected chi connectivity index (χ0v) is 24.6. The highest BCUT2D eigenvalue weighted by atomic mass is 127. The average molecular weight is 671 g/mol. The molecule has 0 atom stereocenters. The summed E-state index contributed by atoms with van der Waals surface area (Å²) in [7, 11) is 0. The van der Waals surface area contributed by atoms with Gasteiger partial charge >= 0.3 is 0 Å². The highest BCUT2D eigenvalue weighted by molar-refractivity contribution is 14.1. The molecule has 1 N–H and O–H groups in total. The number of hydrogen-bond acceptors (Lipinski definition) is 7. The molecule has 0 fully saturated rings. The molecule has 0 radical (unpaired) electrons. The maximum Gasteiger partial charge on any atom is 0.236 e. The van der Waals surface area contributed by atoms with Crippen molar-refractivity contribution in [2.45, 2.75) is 5.16 Å². The Kier molecular flexibility index (Phi) is 6.66. The summed E-state index contributed by atoms with van der Waals surface area (Å²) in [5.41, 5.74) is 3.66. The number of rotatable bonds is 6. The van der Waals surface area contributed by atoms with Crippen molar-refractivity contribution in [1.29, 1.82) is 0 Å². The summed E-state index contributed by atoms with van der Waals surface area (Å²) < 4.78 is 4.21. The minimum atomic E-state index is -0.149. The molecule has 4 aromatic carbocycles. The molecule has 0 saturated heterocycles. The van der Waals surface area contributed by atoms with Crippen LogP contribution in [0.2, 0.25) is 0 Å². The van der Waals surface area contributed by atoms with Crippen molar-refractivity contribution in [3.8, 4) is 17.1 Å². The quantitative estimate of drug-likeness (QED) is 0.145. The Balaban J connectivity index is 1.24. The summed E-state index contributed by atoms with van der Waals surface area (Å²) in [5, 5.41) is 16.5. The topological polar surface area (TPSA) is 85.6 Å². The molecule has 0 saturated carbocycles. The summed E-state index contributed by atoms with van der Waals surface area (Å²) in [6, 6.07) is 30.5. The van der Waals surface area contributed by atoms with Crippen LogP contribution in [-0.2, 0) is 4.79 Å². The fourth-order valence-electron chi connectivity index (χ4n) is 4.62. The highest BCUT2D eigenvalue weighted by Gasteiger charge is 2.20. The largest absolute Gasteiger partial charge is 0.301 e. The Morgan fingerprint density at radius 2 is 1.75 bits per heavy atom. The van der Waals surface area contributed by atoms with Gasteiger partial charge in [-0.15, -0.1) is 10.2 Å². The van der Waals surface area contributed by atoms with Gasteiger partial charge in [0.25, 0.3) is 0 Å². The summed E-state index contributed by atoms with van der Waals surface area (Å²) in [5.74, 6) is 0.716. The van der Waals surface area contributed by atoms with Crippen LogP contribution in [0.5, 0.6) is 0 Å². The van der Waals surface area contributed by atoms with E-state index < -0.39 is 0 Å². The molecule has 7 aromatic rings. The molecule has 3 heterocycles. The summed E-state index contributed by atoms with van der Waals surface area (Å²) in [4.78, 5) is 22.0. The van der Waals surface area contributed by atoms with Crippen molar-refractivity contribution in [2.75, 3.05) is 11.1 Å². The fraction of sp³-hybridized carbons (Fsp3) is 0.0333. The number of nitrogens with one attached hydrogen (secondary N) is 1. The molecule has 1 amide bonds. The Morgan fingerprint density at radius 1 is 0.900 bits per heavy atom. The molecule has 3 aromatic heterocycles.